The highest BCUT2D eigenvalue weighted by Crippen LogP contribution is 2.35. The number of pyridine rings is 1. The van der Waals surface area contributed by atoms with Crippen LogP contribution < -0.4 is 5.56 Å². The zero-order valence-electron chi connectivity index (χ0n) is 18.8. The number of carbonyl (C=O) groups is 1. The first-order valence-corrected chi connectivity index (χ1v) is 11.1. The van der Waals surface area contributed by atoms with Crippen LogP contribution in [0.4, 0.5) is 26.3 Å². The fourth-order valence-electron chi connectivity index (χ4n) is 4.58. The van der Waals surface area contributed by atoms with Crippen molar-refractivity contribution in [2.75, 3.05) is 13.2 Å². The van der Waals surface area contributed by atoms with Gasteiger partial charge in [0.15, 0.2) is 0 Å². The van der Waals surface area contributed by atoms with Crippen molar-refractivity contribution in [2.24, 2.45) is 0 Å². The molecule has 3 unspecified atom stereocenters. The first-order valence-electron chi connectivity index (χ1n) is 11.1. The quantitative estimate of drug-likeness (QED) is 0.469. The number of aromatic nitrogens is 3. The van der Waals surface area contributed by atoms with Crippen LogP contribution in [0.3, 0.4) is 0 Å². The van der Waals surface area contributed by atoms with E-state index in [2.05, 4.69) is 14.7 Å². The standard InChI is InChI=1S/C23H18F6N4O4/c24-22(25,26)14-3-1-2-12(6-14)17(20(35)33-9-16-8-15(33)11-36-16)10-32-5-4-13(7-18(32)34)19-30-21(37-31-19)23(27,28)29/h1-7,15-17H,8-11H2. The number of benzene rings is 1. The molecule has 196 valence electrons. The van der Waals surface area contributed by atoms with Crippen LogP contribution in [-0.2, 0) is 28.4 Å². The summed E-state index contributed by atoms with van der Waals surface area (Å²) in [5.74, 6) is -3.62. The minimum absolute atomic E-state index is 0.0588. The third kappa shape index (κ3) is 4.97. The number of hydrogen-bond acceptors (Lipinski definition) is 6. The lowest BCUT2D eigenvalue weighted by atomic mass is 9.94. The minimum Gasteiger partial charge on any atom is -0.374 e. The average molecular weight is 528 g/mol. The van der Waals surface area contributed by atoms with Gasteiger partial charge in [-0.05, 0) is 24.1 Å². The third-order valence-electron chi connectivity index (χ3n) is 6.40. The maximum absolute atomic E-state index is 13.5. The number of morpholine rings is 1. The van der Waals surface area contributed by atoms with E-state index in [0.717, 1.165) is 22.8 Å². The number of carbonyl (C=O) groups excluding carboxylic acids is 1. The smallest absolute Gasteiger partial charge is 0.374 e. The summed E-state index contributed by atoms with van der Waals surface area (Å²) < 4.78 is 89.2. The van der Waals surface area contributed by atoms with Gasteiger partial charge in [-0.2, -0.15) is 31.3 Å². The molecule has 2 fully saturated rings. The molecule has 0 N–H and O–H groups in total. The normalized spacial score (nSPS) is 20.4. The molecule has 8 nitrogen and oxygen atoms in total. The molecule has 0 saturated carbocycles. The summed E-state index contributed by atoms with van der Waals surface area (Å²) in [5, 5.41) is 3.23. The van der Waals surface area contributed by atoms with E-state index in [9.17, 15) is 35.9 Å². The van der Waals surface area contributed by atoms with Crippen molar-refractivity contribution in [1.82, 2.24) is 19.6 Å². The molecule has 2 aliphatic heterocycles. The maximum Gasteiger partial charge on any atom is 0.471 e. The van der Waals surface area contributed by atoms with Gasteiger partial charge in [0, 0.05) is 30.9 Å². The first-order chi connectivity index (χ1) is 17.4. The van der Waals surface area contributed by atoms with Crippen molar-refractivity contribution >= 4 is 5.91 Å². The molecule has 2 saturated heterocycles. The number of nitrogens with zero attached hydrogens (tertiary/aromatic N) is 4. The topological polar surface area (TPSA) is 90.5 Å². The van der Waals surface area contributed by atoms with Gasteiger partial charge in [-0.3, -0.25) is 9.59 Å². The highest BCUT2D eigenvalue weighted by Gasteiger charge is 2.44. The Morgan fingerprint density at radius 1 is 1.11 bits per heavy atom. The van der Waals surface area contributed by atoms with E-state index in [0.29, 0.717) is 19.6 Å². The molecule has 2 bridgehead atoms. The average Bonchev–Trinajstić information content (AvgIpc) is 3.59. The van der Waals surface area contributed by atoms with E-state index in [1.54, 1.807) is 4.90 Å². The van der Waals surface area contributed by atoms with Gasteiger partial charge in [0.25, 0.3) is 5.56 Å². The largest absolute Gasteiger partial charge is 0.471 e. The summed E-state index contributed by atoms with van der Waals surface area (Å²) in [7, 11) is 0. The molecule has 2 aliphatic rings. The van der Waals surface area contributed by atoms with E-state index in [-0.39, 0.29) is 29.8 Å². The minimum atomic E-state index is -4.86. The van der Waals surface area contributed by atoms with Gasteiger partial charge >= 0.3 is 18.2 Å². The van der Waals surface area contributed by atoms with Crippen LogP contribution in [0.5, 0.6) is 0 Å². The van der Waals surface area contributed by atoms with Gasteiger partial charge in [-0.15, -0.1) is 0 Å². The van der Waals surface area contributed by atoms with Gasteiger partial charge < -0.3 is 18.7 Å². The van der Waals surface area contributed by atoms with Crippen LogP contribution in [0.15, 0.2) is 51.9 Å². The molecule has 2 aromatic heterocycles. The molecule has 37 heavy (non-hydrogen) atoms. The van der Waals surface area contributed by atoms with Crippen molar-refractivity contribution in [2.45, 2.75) is 43.4 Å². The molecular formula is C23H18F6N4O4. The van der Waals surface area contributed by atoms with E-state index in [1.165, 1.54) is 24.4 Å². The van der Waals surface area contributed by atoms with Crippen molar-refractivity contribution in [3.05, 3.63) is 70.0 Å². The molecular weight excluding hydrogens is 510 g/mol. The van der Waals surface area contributed by atoms with Crippen molar-refractivity contribution in [3.8, 4) is 11.4 Å². The van der Waals surface area contributed by atoms with Crippen LogP contribution in [0, 0.1) is 0 Å². The lowest BCUT2D eigenvalue weighted by Gasteiger charge is -2.31. The summed E-state index contributed by atoms with van der Waals surface area (Å²) in [5.41, 5.74) is -1.63. The van der Waals surface area contributed by atoms with Crippen LogP contribution in [-0.4, -0.2) is 50.8 Å². The zero-order chi connectivity index (χ0) is 26.5. The third-order valence-corrected chi connectivity index (χ3v) is 6.40. The number of hydrogen-bond donors (Lipinski definition) is 0. The Hall–Kier alpha value is -3.68. The predicted octanol–water partition coefficient (Wildman–Crippen LogP) is 3.72. The maximum atomic E-state index is 13.5. The van der Waals surface area contributed by atoms with E-state index < -0.39 is 47.0 Å². The Kier molecular flexibility index (Phi) is 6.09. The molecule has 1 amide bonds. The Balaban J connectivity index is 1.47. The number of ether oxygens (including phenoxy) is 1. The van der Waals surface area contributed by atoms with E-state index in [1.807, 2.05) is 0 Å². The lowest BCUT2D eigenvalue weighted by molar-refractivity contribution is -0.159. The van der Waals surface area contributed by atoms with Crippen LogP contribution in [0.1, 0.15) is 29.4 Å². The van der Waals surface area contributed by atoms with Gasteiger partial charge in [-0.1, -0.05) is 23.4 Å². The van der Waals surface area contributed by atoms with Gasteiger partial charge in [0.2, 0.25) is 11.7 Å². The summed E-state index contributed by atoms with van der Waals surface area (Å²) >= 11 is 0. The highest BCUT2D eigenvalue weighted by atomic mass is 19.4. The number of likely N-dealkylation sites (tertiary alicyclic amines) is 1. The first kappa shape index (κ1) is 25.0. The lowest BCUT2D eigenvalue weighted by Crippen LogP contribution is -2.45. The number of halogens is 6. The molecule has 4 heterocycles. The SMILES string of the molecule is O=C(C(Cn1ccc(-c2noc(C(F)(F)F)n2)cc1=O)c1cccc(C(F)(F)F)c1)N1CC2CC1CO2. The Bertz CT molecular complexity index is 1380. The molecule has 3 atom stereocenters. The Morgan fingerprint density at radius 3 is 2.49 bits per heavy atom. The second-order valence-corrected chi connectivity index (χ2v) is 8.84. The van der Waals surface area contributed by atoms with Crippen LogP contribution >= 0.6 is 0 Å². The highest BCUT2D eigenvalue weighted by molar-refractivity contribution is 5.84. The van der Waals surface area contributed by atoms with Crippen molar-refractivity contribution in [1.29, 1.82) is 0 Å². The van der Waals surface area contributed by atoms with E-state index >= 15 is 0 Å². The number of rotatable bonds is 5. The van der Waals surface area contributed by atoms with Crippen molar-refractivity contribution in [3.63, 3.8) is 0 Å². The second-order valence-electron chi connectivity index (χ2n) is 8.84. The molecule has 14 heteroatoms. The van der Waals surface area contributed by atoms with Gasteiger partial charge in [0.1, 0.15) is 0 Å². The van der Waals surface area contributed by atoms with E-state index in [4.69, 9.17) is 4.74 Å². The summed E-state index contributed by atoms with van der Waals surface area (Å²) in [6.07, 6.45) is -7.80. The fraction of sp³-hybridized carbons (Fsp3) is 0.391. The molecule has 5 rings (SSSR count). The van der Waals surface area contributed by atoms with Gasteiger partial charge in [-0.25, -0.2) is 0 Å². The van der Waals surface area contributed by atoms with Gasteiger partial charge in [0.05, 0.1) is 30.2 Å². The number of amides is 1. The summed E-state index contributed by atoms with van der Waals surface area (Å²) in [4.78, 5) is 31.1. The fourth-order valence-corrected chi connectivity index (χ4v) is 4.58. The Labute approximate surface area is 204 Å². The van der Waals surface area contributed by atoms with Crippen molar-refractivity contribution < 1.29 is 40.4 Å². The van der Waals surface area contributed by atoms with Crippen LogP contribution in [0.25, 0.3) is 11.4 Å². The number of fused-ring (bicyclic) bond motifs is 2. The number of alkyl halides is 6. The molecule has 1 aromatic carbocycles. The molecule has 3 aromatic rings. The summed E-state index contributed by atoms with van der Waals surface area (Å²) in [6.45, 7) is 0.325. The molecule has 0 spiro atoms. The Morgan fingerprint density at radius 2 is 1.89 bits per heavy atom. The van der Waals surface area contributed by atoms with Crippen LogP contribution in [0.2, 0.25) is 0 Å². The monoisotopic (exact) mass is 528 g/mol. The zero-order valence-corrected chi connectivity index (χ0v) is 18.8. The second kappa shape index (κ2) is 9.01. The predicted molar refractivity (Wildman–Crippen MR) is 113 cm³/mol. The molecule has 0 radical (unpaired) electrons. The molecule has 0 aliphatic carbocycles. The summed E-state index contributed by atoms with van der Waals surface area (Å²) in [6, 6.07) is 6.36.